The van der Waals surface area contributed by atoms with E-state index in [4.69, 9.17) is 9.72 Å². The number of thiazole rings is 1. The molecule has 1 heterocycles. The van der Waals surface area contributed by atoms with Gasteiger partial charge in [0.2, 0.25) is 0 Å². The maximum atomic E-state index is 13.0. The standard InChI is InChI=1S/C25H30N2O2S/c1-6-19(4)27(25(28)21-10-8-7-9-11-21)14-22-16-30-24(26-22)15-29-23-13-17(2)12-18(3)20(23)5/h7-13,16,19H,6,14-15H2,1-5H3/t19-/m1/s1. The van der Waals surface area contributed by atoms with Gasteiger partial charge in [-0.3, -0.25) is 4.79 Å². The summed E-state index contributed by atoms with van der Waals surface area (Å²) in [7, 11) is 0. The fourth-order valence-electron chi connectivity index (χ4n) is 3.35. The largest absolute Gasteiger partial charge is 0.486 e. The molecule has 0 spiro atoms. The smallest absolute Gasteiger partial charge is 0.254 e. The number of carbonyl (C=O) groups excluding carboxylic acids is 1. The number of amides is 1. The quantitative estimate of drug-likeness (QED) is 0.441. The summed E-state index contributed by atoms with van der Waals surface area (Å²) >= 11 is 1.58. The molecule has 4 nitrogen and oxygen atoms in total. The third-order valence-corrected chi connectivity index (χ3v) is 6.32. The molecule has 0 radical (unpaired) electrons. The molecule has 5 heteroatoms. The van der Waals surface area contributed by atoms with Gasteiger partial charge in [0.25, 0.3) is 5.91 Å². The summed E-state index contributed by atoms with van der Waals surface area (Å²) in [6, 6.07) is 13.8. The molecule has 3 rings (SSSR count). The SMILES string of the molecule is CC[C@@H](C)N(Cc1csc(COc2cc(C)cc(C)c2C)n1)C(=O)c1ccccc1. The van der Waals surface area contributed by atoms with Crippen LogP contribution in [0.4, 0.5) is 0 Å². The molecule has 0 aliphatic heterocycles. The average molecular weight is 423 g/mol. The van der Waals surface area contributed by atoms with E-state index in [0.717, 1.165) is 28.4 Å². The summed E-state index contributed by atoms with van der Waals surface area (Å²) in [4.78, 5) is 19.7. The van der Waals surface area contributed by atoms with E-state index in [9.17, 15) is 4.79 Å². The number of hydrogen-bond acceptors (Lipinski definition) is 4. The van der Waals surface area contributed by atoms with Crippen molar-refractivity contribution in [3.05, 3.63) is 80.8 Å². The van der Waals surface area contributed by atoms with Gasteiger partial charge in [-0.1, -0.05) is 31.2 Å². The van der Waals surface area contributed by atoms with E-state index in [2.05, 4.69) is 46.8 Å². The average Bonchev–Trinajstić information content (AvgIpc) is 3.20. The van der Waals surface area contributed by atoms with Crippen molar-refractivity contribution in [2.75, 3.05) is 0 Å². The Morgan fingerprint density at radius 1 is 1.17 bits per heavy atom. The first kappa shape index (κ1) is 22.0. The van der Waals surface area contributed by atoms with E-state index >= 15 is 0 Å². The Bertz CT molecular complexity index is 998. The van der Waals surface area contributed by atoms with Gasteiger partial charge in [0.05, 0.1) is 12.2 Å². The zero-order valence-corrected chi connectivity index (χ0v) is 19.3. The summed E-state index contributed by atoms with van der Waals surface area (Å²) < 4.78 is 6.06. The maximum Gasteiger partial charge on any atom is 0.254 e. The number of nitrogens with zero attached hydrogens (tertiary/aromatic N) is 2. The van der Waals surface area contributed by atoms with Crippen molar-refractivity contribution < 1.29 is 9.53 Å². The Balaban J connectivity index is 1.70. The molecule has 3 aromatic rings. The highest BCUT2D eigenvalue weighted by atomic mass is 32.1. The number of hydrogen-bond donors (Lipinski definition) is 0. The highest BCUT2D eigenvalue weighted by molar-refractivity contribution is 7.09. The van der Waals surface area contributed by atoms with Crippen LogP contribution < -0.4 is 4.74 Å². The van der Waals surface area contributed by atoms with Gasteiger partial charge in [-0.15, -0.1) is 11.3 Å². The molecule has 0 fully saturated rings. The molecule has 0 aliphatic rings. The van der Waals surface area contributed by atoms with E-state index in [1.165, 1.54) is 11.1 Å². The van der Waals surface area contributed by atoms with E-state index in [-0.39, 0.29) is 11.9 Å². The number of carbonyl (C=O) groups is 1. The summed E-state index contributed by atoms with van der Waals surface area (Å²) in [6.07, 6.45) is 0.894. The molecule has 0 saturated heterocycles. The van der Waals surface area contributed by atoms with Gasteiger partial charge in [-0.2, -0.15) is 0 Å². The van der Waals surface area contributed by atoms with Gasteiger partial charge >= 0.3 is 0 Å². The van der Waals surface area contributed by atoms with Crippen LogP contribution in [0.15, 0.2) is 47.8 Å². The van der Waals surface area contributed by atoms with Gasteiger partial charge in [0, 0.05) is 17.0 Å². The molecule has 1 amide bonds. The molecule has 0 bridgehead atoms. The molecule has 30 heavy (non-hydrogen) atoms. The number of aromatic nitrogens is 1. The van der Waals surface area contributed by atoms with Crippen LogP contribution in [0.3, 0.4) is 0 Å². The second-order valence-electron chi connectivity index (χ2n) is 7.78. The Hall–Kier alpha value is -2.66. The summed E-state index contributed by atoms with van der Waals surface area (Å²) in [5.41, 5.74) is 5.20. The summed E-state index contributed by atoms with van der Waals surface area (Å²) in [5, 5.41) is 2.94. The van der Waals surface area contributed by atoms with Crippen molar-refractivity contribution in [1.82, 2.24) is 9.88 Å². The second kappa shape index (κ2) is 9.90. The van der Waals surface area contributed by atoms with Crippen molar-refractivity contribution in [1.29, 1.82) is 0 Å². The number of aryl methyl sites for hydroxylation is 2. The lowest BCUT2D eigenvalue weighted by Crippen LogP contribution is -2.37. The van der Waals surface area contributed by atoms with Gasteiger partial charge in [-0.25, -0.2) is 4.98 Å². The highest BCUT2D eigenvalue weighted by Gasteiger charge is 2.21. The zero-order valence-electron chi connectivity index (χ0n) is 18.4. The van der Waals surface area contributed by atoms with E-state index in [1.807, 2.05) is 40.6 Å². The van der Waals surface area contributed by atoms with Crippen LogP contribution >= 0.6 is 11.3 Å². The van der Waals surface area contributed by atoms with Crippen molar-refractivity contribution >= 4 is 17.2 Å². The normalized spacial score (nSPS) is 11.9. The Kier molecular flexibility index (Phi) is 7.27. The topological polar surface area (TPSA) is 42.4 Å². The first-order valence-corrected chi connectivity index (χ1v) is 11.3. The van der Waals surface area contributed by atoms with Gasteiger partial charge < -0.3 is 9.64 Å². The Morgan fingerprint density at radius 2 is 1.90 bits per heavy atom. The maximum absolute atomic E-state index is 13.0. The Morgan fingerprint density at radius 3 is 2.60 bits per heavy atom. The first-order chi connectivity index (χ1) is 14.4. The predicted octanol–water partition coefficient (Wildman–Crippen LogP) is 6.09. The second-order valence-corrected chi connectivity index (χ2v) is 8.73. The molecular formula is C25H30N2O2S. The van der Waals surface area contributed by atoms with Crippen molar-refractivity contribution in [3.8, 4) is 5.75 Å². The molecule has 1 aromatic heterocycles. The van der Waals surface area contributed by atoms with Crippen LogP contribution in [0.1, 0.15) is 58.0 Å². The molecule has 0 unspecified atom stereocenters. The molecule has 1 atom stereocenters. The molecular weight excluding hydrogens is 392 g/mol. The van der Waals surface area contributed by atoms with Gasteiger partial charge in [0.1, 0.15) is 17.4 Å². The van der Waals surface area contributed by atoms with Crippen molar-refractivity contribution in [3.63, 3.8) is 0 Å². The number of benzene rings is 2. The Labute approximate surface area is 183 Å². The molecule has 2 aromatic carbocycles. The first-order valence-electron chi connectivity index (χ1n) is 10.4. The molecule has 0 N–H and O–H groups in total. The van der Waals surface area contributed by atoms with Crippen molar-refractivity contribution in [2.45, 2.75) is 60.2 Å². The van der Waals surface area contributed by atoms with Crippen LogP contribution in [-0.4, -0.2) is 21.8 Å². The molecule has 158 valence electrons. The van der Waals surface area contributed by atoms with Crippen molar-refractivity contribution in [2.24, 2.45) is 0 Å². The van der Waals surface area contributed by atoms with Crippen LogP contribution in [0.2, 0.25) is 0 Å². The van der Waals surface area contributed by atoms with Gasteiger partial charge in [-0.05, 0) is 69.0 Å². The van der Waals surface area contributed by atoms with Crippen LogP contribution in [0.25, 0.3) is 0 Å². The molecule has 0 saturated carbocycles. The minimum Gasteiger partial charge on any atom is -0.486 e. The molecule has 0 aliphatic carbocycles. The lowest BCUT2D eigenvalue weighted by atomic mass is 10.1. The zero-order chi connectivity index (χ0) is 21.7. The van der Waals surface area contributed by atoms with E-state index in [0.29, 0.717) is 18.7 Å². The highest BCUT2D eigenvalue weighted by Crippen LogP contribution is 2.25. The van der Waals surface area contributed by atoms with Gasteiger partial charge in [0.15, 0.2) is 0 Å². The lowest BCUT2D eigenvalue weighted by molar-refractivity contribution is 0.0669. The minimum absolute atomic E-state index is 0.0432. The fourth-order valence-corrected chi connectivity index (χ4v) is 4.04. The predicted molar refractivity (Wildman–Crippen MR) is 123 cm³/mol. The van der Waals surface area contributed by atoms with Crippen LogP contribution in [0.5, 0.6) is 5.75 Å². The van der Waals surface area contributed by atoms with E-state index < -0.39 is 0 Å². The number of ether oxygens (including phenoxy) is 1. The summed E-state index contributed by atoms with van der Waals surface area (Å²) in [6.45, 7) is 11.4. The summed E-state index contributed by atoms with van der Waals surface area (Å²) in [5.74, 6) is 0.950. The van der Waals surface area contributed by atoms with E-state index in [1.54, 1.807) is 11.3 Å². The fraction of sp³-hybridized carbons (Fsp3) is 0.360. The third-order valence-electron chi connectivity index (χ3n) is 5.45. The van der Waals surface area contributed by atoms with Crippen LogP contribution in [-0.2, 0) is 13.2 Å². The lowest BCUT2D eigenvalue weighted by Gasteiger charge is -2.28. The van der Waals surface area contributed by atoms with Crippen LogP contribution in [0, 0.1) is 20.8 Å². The minimum atomic E-state index is 0.0432. The monoisotopic (exact) mass is 422 g/mol. The number of rotatable bonds is 8. The third kappa shape index (κ3) is 5.28.